The second-order valence-electron chi connectivity index (χ2n) is 4.70. The maximum atomic E-state index is 11.9. The van der Waals surface area contributed by atoms with Crippen LogP contribution in [-0.4, -0.2) is 28.1 Å². The molecular formula is C17H14N2O3. The monoisotopic (exact) mass is 294 g/mol. The van der Waals surface area contributed by atoms with E-state index in [-0.39, 0.29) is 5.75 Å². The second-order valence-corrected chi connectivity index (χ2v) is 4.70. The average Bonchev–Trinajstić information content (AvgIpc) is 3.00. The first-order valence-electron chi connectivity index (χ1n) is 6.72. The van der Waals surface area contributed by atoms with Gasteiger partial charge >= 0.3 is 6.09 Å². The highest BCUT2D eigenvalue weighted by Gasteiger charge is 2.19. The van der Waals surface area contributed by atoms with Gasteiger partial charge < -0.3 is 9.84 Å². The number of methoxy groups -OCH3 is 1. The highest BCUT2D eigenvalue weighted by atomic mass is 16.5. The molecule has 0 amide bonds. The van der Waals surface area contributed by atoms with Gasteiger partial charge in [0.25, 0.3) is 0 Å². The first-order valence-corrected chi connectivity index (χ1v) is 6.72. The third kappa shape index (κ3) is 2.44. The summed E-state index contributed by atoms with van der Waals surface area (Å²) in [4.78, 5) is 11.9. The molecule has 0 spiro atoms. The normalized spacial score (nSPS) is 10.4. The minimum Gasteiger partial charge on any atom is -0.508 e. The zero-order valence-corrected chi connectivity index (χ0v) is 11.9. The molecule has 3 aromatic rings. The van der Waals surface area contributed by atoms with Crippen LogP contribution in [0.1, 0.15) is 0 Å². The van der Waals surface area contributed by atoms with Gasteiger partial charge in [0.1, 0.15) is 5.75 Å². The summed E-state index contributed by atoms with van der Waals surface area (Å²) >= 11 is 0. The van der Waals surface area contributed by atoms with E-state index in [1.54, 1.807) is 30.5 Å². The summed E-state index contributed by atoms with van der Waals surface area (Å²) in [6.45, 7) is 0. The van der Waals surface area contributed by atoms with Gasteiger partial charge in [0.05, 0.1) is 19.0 Å². The molecule has 0 aliphatic heterocycles. The molecule has 1 aromatic heterocycles. The van der Waals surface area contributed by atoms with Gasteiger partial charge in [-0.15, -0.1) is 0 Å². The van der Waals surface area contributed by atoms with Crippen LogP contribution in [0.15, 0.2) is 60.8 Å². The lowest BCUT2D eigenvalue weighted by Crippen LogP contribution is -2.14. The number of carbonyl (C=O) groups excluding carboxylic acids is 1. The third-order valence-corrected chi connectivity index (χ3v) is 3.34. The first-order chi connectivity index (χ1) is 10.7. The lowest BCUT2D eigenvalue weighted by molar-refractivity contribution is 0.169. The summed E-state index contributed by atoms with van der Waals surface area (Å²) in [6.07, 6.45) is 1.07. The average molecular weight is 294 g/mol. The molecule has 0 unspecified atom stereocenters. The van der Waals surface area contributed by atoms with E-state index in [1.165, 1.54) is 11.8 Å². The van der Waals surface area contributed by atoms with Crippen molar-refractivity contribution in [3.05, 3.63) is 60.8 Å². The van der Waals surface area contributed by atoms with Gasteiger partial charge in [0.2, 0.25) is 0 Å². The lowest BCUT2D eigenvalue weighted by Gasteiger charge is -2.08. The molecule has 0 aliphatic carbocycles. The number of phenols is 1. The Kier molecular flexibility index (Phi) is 3.62. The molecule has 5 nitrogen and oxygen atoms in total. The molecule has 2 aromatic carbocycles. The van der Waals surface area contributed by atoms with Crippen LogP contribution in [0, 0.1) is 0 Å². The quantitative estimate of drug-likeness (QED) is 0.785. The van der Waals surface area contributed by atoms with E-state index in [2.05, 4.69) is 5.10 Å². The highest BCUT2D eigenvalue weighted by molar-refractivity contribution is 5.87. The van der Waals surface area contributed by atoms with Gasteiger partial charge in [-0.3, -0.25) is 0 Å². The fourth-order valence-electron chi connectivity index (χ4n) is 2.30. The van der Waals surface area contributed by atoms with Crippen molar-refractivity contribution in [1.29, 1.82) is 0 Å². The van der Waals surface area contributed by atoms with Crippen molar-refractivity contribution in [3.63, 3.8) is 0 Å². The molecule has 0 atom stereocenters. The van der Waals surface area contributed by atoms with Crippen LogP contribution in [0.4, 0.5) is 4.79 Å². The molecule has 1 N–H and O–H groups in total. The van der Waals surface area contributed by atoms with Crippen LogP contribution in [0.25, 0.3) is 22.4 Å². The van der Waals surface area contributed by atoms with E-state index in [0.717, 1.165) is 16.7 Å². The molecule has 0 aliphatic rings. The molecule has 0 radical (unpaired) electrons. The topological polar surface area (TPSA) is 64.4 Å². The Morgan fingerprint density at radius 2 is 1.73 bits per heavy atom. The van der Waals surface area contributed by atoms with Gasteiger partial charge in [-0.25, -0.2) is 4.79 Å². The zero-order valence-electron chi connectivity index (χ0n) is 11.9. The summed E-state index contributed by atoms with van der Waals surface area (Å²) < 4.78 is 6.00. The van der Waals surface area contributed by atoms with Crippen molar-refractivity contribution in [2.24, 2.45) is 0 Å². The van der Waals surface area contributed by atoms with Gasteiger partial charge in [0, 0.05) is 11.1 Å². The van der Waals surface area contributed by atoms with Crippen molar-refractivity contribution in [2.45, 2.75) is 0 Å². The number of hydrogen-bond donors (Lipinski definition) is 1. The van der Waals surface area contributed by atoms with E-state index in [0.29, 0.717) is 5.69 Å². The summed E-state index contributed by atoms with van der Waals surface area (Å²) in [5.41, 5.74) is 3.15. The van der Waals surface area contributed by atoms with E-state index < -0.39 is 6.09 Å². The van der Waals surface area contributed by atoms with Crippen molar-refractivity contribution in [1.82, 2.24) is 9.78 Å². The number of aromatic hydroxyl groups is 1. The summed E-state index contributed by atoms with van der Waals surface area (Å²) in [5, 5.41) is 13.6. The number of nitrogens with zero attached hydrogens (tertiary/aromatic N) is 2. The predicted octanol–water partition coefficient (Wildman–Crippen LogP) is 3.54. The van der Waals surface area contributed by atoms with Crippen LogP contribution in [-0.2, 0) is 4.74 Å². The molecule has 22 heavy (non-hydrogen) atoms. The number of hydrogen-bond acceptors (Lipinski definition) is 4. The molecule has 0 fully saturated rings. The van der Waals surface area contributed by atoms with Crippen LogP contribution >= 0.6 is 0 Å². The van der Waals surface area contributed by atoms with Crippen LogP contribution in [0.2, 0.25) is 0 Å². The van der Waals surface area contributed by atoms with Crippen molar-refractivity contribution in [2.75, 3.05) is 7.11 Å². The minimum absolute atomic E-state index is 0.161. The van der Waals surface area contributed by atoms with E-state index in [4.69, 9.17) is 4.74 Å². The van der Waals surface area contributed by atoms with E-state index in [1.807, 2.05) is 30.3 Å². The highest BCUT2D eigenvalue weighted by Crippen LogP contribution is 2.32. The maximum Gasteiger partial charge on any atom is 0.434 e. The van der Waals surface area contributed by atoms with Gasteiger partial charge in [-0.05, 0) is 29.8 Å². The fourth-order valence-corrected chi connectivity index (χ4v) is 2.30. The summed E-state index contributed by atoms with van der Waals surface area (Å²) in [6, 6.07) is 16.3. The molecule has 3 rings (SSSR count). The zero-order chi connectivity index (χ0) is 15.5. The maximum absolute atomic E-state index is 11.9. The van der Waals surface area contributed by atoms with E-state index in [9.17, 15) is 9.90 Å². The molecular weight excluding hydrogens is 280 g/mol. The Morgan fingerprint density at radius 1 is 1.05 bits per heavy atom. The van der Waals surface area contributed by atoms with E-state index >= 15 is 0 Å². The van der Waals surface area contributed by atoms with Crippen molar-refractivity contribution >= 4 is 6.09 Å². The van der Waals surface area contributed by atoms with Crippen LogP contribution < -0.4 is 0 Å². The Hall–Kier alpha value is -3.08. The lowest BCUT2D eigenvalue weighted by atomic mass is 10.0. The summed E-state index contributed by atoms with van der Waals surface area (Å²) in [7, 11) is 1.31. The summed E-state index contributed by atoms with van der Waals surface area (Å²) in [5.74, 6) is 0.161. The SMILES string of the molecule is COC(=O)n1ncc(-c2ccccc2)c1-c1ccc(O)cc1. The number of benzene rings is 2. The third-order valence-electron chi connectivity index (χ3n) is 3.34. The number of rotatable bonds is 2. The Morgan fingerprint density at radius 3 is 2.36 bits per heavy atom. The number of ether oxygens (including phenoxy) is 1. The molecule has 0 saturated carbocycles. The number of carbonyl (C=O) groups is 1. The van der Waals surface area contributed by atoms with Gasteiger partial charge in [-0.2, -0.15) is 9.78 Å². The Bertz CT molecular complexity index is 793. The fraction of sp³-hybridized carbons (Fsp3) is 0.0588. The number of phenolic OH excluding ortho intramolecular Hbond substituents is 1. The number of aromatic nitrogens is 2. The van der Waals surface area contributed by atoms with Crippen molar-refractivity contribution < 1.29 is 14.6 Å². The smallest absolute Gasteiger partial charge is 0.434 e. The van der Waals surface area contributed by atoms with Crippen LogP contribution in [0.5, 0.6) is 5.75 Å². The second kappa shape index (κ2) is 5.73. The largest absolute Gasteiger partial charge is 0.508 e. The Balaban J connectivity index is 2.22. The van der Waals surface area contributed by atoms with Gasteiger partial charge in [-0.1, -0.05) is 30.3 Å². The molecule has 1 heterocycles. The standard InChI is InChI=1S/C17H14N2O3/c1-22-17(21)19-16(13-7-9-14(20)10-8-13)15(11-18-19)12-5-3-2-4-6-12/h2-11,20H,1H3. The predicted molar refractivity (Wildman–Crippen MR) is 82.6 cm³/mol. The molecule has 5 heteroatoms. The van der Waals surface area contributed by atoms with Crippen LogP contribution in [0.3, 0.4) is 0 Å². The first kappa shape index (κ1) is 13.9. The minimum atomic E-state index is -0.565. The van der Waals surface area contributed by atoms with Crippen molar-refractivity contribution in [3.8, 4) is 28.1 Å². The van der Waals surface area contributed by atoms with Gasteiger partial charge in [0.15, 0.2) is 0 Å². The Labute approximate surface area is 127 Å². The molecule has 0 bridgehead atoms. The molecule has 0 saturated heterocycles. The molecule has 110 valence electrons.